The van der Waals surface area contributed by atoms with Crippen molar-refractivity contribution in [2.75, 3.05) is 13.1 Å². The lowest BCUT2D eigenvalue weighted by molar-refractivity contribution is 0.465. The van der Waals surface area contributed by atoms with Gasteiger partial charge in [-0.15, -0.1) is 0 Å². The molecule has 0 aliphatic heterocycles. The number of aliphatic imine (C=N–C) groups is 2. The highest BCUT2D eigenvalue weighted by atomic mass is 16.3. The highest BCUT2D eigenvalue weighted by Crippen LogP contribution is 2.32. The third kappa shape index (κ3) is 6.53. The third-order valence-corrected chi connectivity index (χ3v) is 9.52. The van der Waals surface area contributed by atoms with Crippen LogP contribution in [0.5, 0.6) is 11.5 Å². The van der Waals surface area contributed by atoms with Gasteiger partial charge in [0.25, 0.3) is 0 Å². The van der Waals surface area contributed by atoms with Gasteiger partial charge in [-0.2, -0.15) is 0 Å². The molecule has 0 fully saturated rings. The summed E-state index contributed by atoms with van der Waals surface area (Å²) in [6.45, 7) is 0.939. The first-order valence-electron chi connectivity index (χ1n) is 16.6. The van der Waals surface area contributed by atoms with Crippen molar-refractivity contribution in [1.29, 1.82) is 0 Å². The van der Waals surface area contributed by atoms with Crippen molar-refractivity contribution in [2.45, 2.75) is 51.4 Å². The summed E-state index contributed by atoms with van der Waals surface area (Å²) >= 11 is 0. The SMILES string of the molecule is Oc1c2ccc(c1C=NCCN=C(c1ccccc1)c1c3ccc(c1O)CCc1ccc(cc1)CC3)CCc1ccc(cc1)CC2. The number of hydrogen-bond donors (Lipinski definition) is 2. The molecule has 13 rings (SSSR count). The Kier molecular flexibility index (Phi) is 8.78. The molecule has 8 bridgehead atoms. The number of aryl methyl sites for hydroxylation is 8. The summed E-state index contributed by atoms with van der Waals surface area (Å²) in [5.41, 5.74) is 12.7. The predicted octanol–water partition coefficient (Wildman–Crippen LogP) is 7.82. The van der Waals surface area contributed by atoms with Gasteiger partial charge in [0.1, 0.15) is 11.5 Å². The maximum Gasteiger partial charge on any atom is 0.128 e. The van der Waals surface area contributed by atoms with Gasteiger partial charge in [0.2, 0.25) is 0 Å². The van der Waals surface area contributed by atoms with Crippen LogP contribution >= 0.6 is 0 Å². The maximum atomic E-state index is 11.7. The molecule has 0 unspecified atom stereocenters. The average molecular weight is 605 g/mol. The Bertz CT molecular complexity index is 1890. The zero-order chi connectivity index (χ0) is 31.3. The Hall–Kier alpha value is -4.96. The van der Waals surface area contributed by atoms with E-state index in [4.69, 9.17) is 9.98 Å². The second-order valence-electron chi connectivity index (χ2n) is 12.5. The summed E-state index contributed by atoms with van der Waals surface area (Å²) in [5, 5.41) is 23.0. The van der Waals surface area contributed by atoms with E-state index >= 15 is 0 Å². The van der Waals surface area contributed by atoms with E-state index in [-0.39, 0.29) is 0 Å². The highest BCUT2D eigenvalue weighted by molar-refractivity contribution is 6.15. The first-order valence-corrected chi connectivity index (χ1v) is 16.6. The summed E-state index contributed by atoms with van der Waals surface area (Å²) in [7, 11) is 0. The lowest BCUT2D eigenvalue weighted by Crippen LogP contribution is -2.12. The van der Waals surface area contributed by atoms with Crippen LogP contribution in [0.15, 0.2) is 113 Å². The van der Waals surface area contributed by atoms with Gasteiger partial charge in [-0.05, 0) is 95.9 Å². The minimum absolute atomic E-state index is 0.340. The average Bonchev–Trinajstić information content (AvgIpc) is 3.08. The van der Waals surface area contributed by atoms with Gasteiger partial charge >= 0.3 is 0 Å². The molecule has 0 spiro atoms. The molecule has 2 N–H and O–H groups in total. The normalized spacial score (nSPS) is 14.7. The van der Waals surface area contributed by atoms with Crippen LogP contribution in [0.1, 0.15) is 61.2 Å². The van der Waals surface area contributed by atoms with Gasteiger partial charge in [0.15, 0.2) is 0 Å². The lowest BCUT2D eigenvalue weighted by atomic mass is 9.88. The molecule has 8 aliphatic rings. The monoisotopic (exact) mass is 604 g/mol. The first-order chi connectivity index (χ1) is 22.6. The van der Waals surface area contributed by atoms with Crippen molar-refractivity contribution in [3.8, 4) is 11.5 Å². The summed E-state index contributed by atoms with van der Waals surface area (Å²) in [5.74, 6) is 0.686. The number of phenols is 2. The number of rotatable bonds is 6. The van der Waals surface area contributed by atoms with Gasteiger partial charge in [0.05, 0.1) is 18.8 Å². The summed E-state index contributed by atoms with van der Waals surface area (Å²) in [4.78, 5) is 9.90. The van der Waals surface area contributed by atoms with E-state index in [2.05, 4.69) is 84.9 Å². The smallest absolute Gasteiger partial charge is 0.128 e. The number of nitrogens with zero attached hydrogens (tertiary/aromatic N) is 2. The molecule has 5 aromatic rings. The van der Waals surface area contributed by atoms with Crippen molar-refractivity contribution < 1.29 is 10.2 Å². The summed E-state index contributed by atoms with van der Waals surface area (Å²) in [6, 6.07) is 36.4. The van der Waals surface area contributed by atoms with E-state index in [1.54, 1.807) is 0 Å². The lowest BCUT2D eigenvalue weighted by Gasteiger charge is -2.19. The zero-order valence-electron chi connectivity index (χ0n) is 26.3. The van der Waals surface area contributed by atoms with Gasteiger partial charge in [-0.3, -0.25) is 9.98 Å². The van der Waals surface area contributed by atoms with E-state index in [1.807, 2.05) is 24.4 Å². The third-order valence-electron chi connectivity index (χ3n) is 9.52. The van der Waals surface area contributed by atoms with Crippen LogP contribution in [0.25, 0.3) is 0 Å². The van der Waals surface area contributed by atoms with Crippen LogP contribution in [0.2, 0.25) is 0 Å². The molecule has 0 atom stereocenters. The molecule has 0 aromatic heterocycles. The summed E-state index contributed by atoms with van der Waals surface area (Å²) < 4.78 is 0. The van der Waals surface area contributed by atoms with Crippen molar-refractivity contribution in [3.63, 3.8) is 0 Å². The molecule has 230 valence electrons. The first kappa shape index (κ1) is 29.7. The van der Waals surface area contributed by atoms with Crippen LogP contribution in [-0.2, 0) is 51.4 Å². The van der Waals surface area contributed by atoms with Crippen LogP contribution in [-0.4, -0.2) is 35.2 Å². The van der Waals surface area contributed by atoms with E-state index in [0.717, 1.165) is 96.0 Å². The van der Waals surface area contributed by atoms with E-state index in [1.165, 1.54) is 22.3 Å². The minimum atomic E-state index is 0.340. The molecule has 8 aliphatic carbocycles. The number of aromatic hydroxyl groups is 2. The Morgan fingerprint density at radius 3 is 1.57 bits per heavy atom. The molecule has 0 saturated heterocycles. The highest BCUT2D eigenvalue weighted by Gasteiger charge is 2.20. The van der Waals surface area contributed by atoms with Crippen molar-refractivity contribution in [1.82, 2.24) is 0 Å². The van der Waals surface area contributed by atoms with Crippen molar-refractivity contribution >= 4 is 11.9 Å². The molecule has 46 heavy (non-hydrogen) atoms. The van der Waals surface area contributed by atoms with Crippen LogP contribution in [0.4, 0.5) is 0 Å². The fraction of sp³-hybridized carbons (Fsp3) is 0.238. The van der Waals surface area contributed by atoms with Gasteiger partial charge in [-0.25, -0.2) is 0 Å². The van der Waals surface area contributed by atoms with Crippen LogP contribution in [0.3, 0.4) is 0 Å². The molecule has 4 nitrogen and oxygen atoms in total. The Morgan fingerprint density at radius 2 is 0.978 bits per heavy atom. The molecule has 4 heteroatoms. The van der Waals surface area contributed by atoms with Gasteiger partial charge in [-0.1, -0.05) is 103 Å². The quantitative estimate of drug-likeness (QED) is 0.153. The van der Waals surface area contributed by atoms with Crippen molar-refractivity contribution in [2.24, 2.45) is 9.98 Å². The molecule has 0 heterocycles. The molecular formula is C42H40N2O2. The second-order valence-corrected chi connectivity index (χ2v) is 12.5. The number of hydrogen-bond acceptors (Lipinski definition) is 4. The van der Waals surface area contributed by atoms with E-state index < -0.39 is 0 Å². The molecular weight excluding hydrogens is 564 g/mol. The van der Waals surface area contributed by atoms with Crippen molar-refractivity contribution in [3.05, 3.63) is 164 Å². The molecule has 5 aromatic carbocycles. The fourth-order valence-electron chi connectivity index (χ4n) is 6.76. The topological polar surface area (TPSA) is 65.2 Å². The largest absolute Gasteiger partial charge is 0.507 e. The Balaban J connectivity index is 1.17. The number of benzene rings is 5. The Morgan fingerprint density at radius 1 is 0.500 bits per heavy atom. The minimum Gasteiger partial charge on any atom is -0.507 e. The van der Waals surface area contributed by atoms with Crippen LogP contribution in [0, 0.1) is 0 Å². The van der Waals surface area contributed by atoms with E-state index in [0.29, 0.717) is 24.6 Å². The molecule has 0 saturated carbocycles. The fourth-order valence-corrected chi connectivity index (χ4v) is 6.76. The summed E-state index contributed by atoms with van der Waals surface area (Å²) in [6.07, 6.45) is 8.63. The zero-order valence-corrected chi connectivity index (χ0v) is 26.3. The van der Waals surface area contributed by atoms with E-state index in [9.17, 15) is 10.2 Å². The van der Waals surface area contributed by atoms with Gasteiger partial charge in [0, 0.05) is 22.9 Å². The Labute approximate surface area is 271 Å². The molecule has 0 radical (unpaired) electrons. The maximum absolute atomic E-state index is 11.7. The number of phenolic OH excluding ortho intramolecular Hbond substituents is 2. The molecule has 0 amide bonds. The second kappa shape index (κ2) is 13.6. The van der Waals surface area contributed by atoms with Gasteiger partial charge < -0.3 is 10.2 Å². The predicted molar refractivity (Wildman–Crippen MR) is 188 cm³/mol. The van der Waals surface area contributed by atoms with Crippen LogP contribution < -0.4 is 0 Å². The standard InChI is InChI=1S/C42H40N2O2/c45-41-36-20-16-31-10-6-29(7-11-31)14-18-33(22-24-36)38(41)28-43-26-27-44-40(35-4-2-1-3-5-35)39-34-19-15-30-8-12-32(13-9-30)17-21-37(25-23-34)42(39)46/h1-13,22-25,28,45-46H,14-21,26-27H2.